The van der Waals surface area contributed by atoms with Crippen LogP contribution in [0.5, 0.6) is 5.75 Å². The van der Waals surface area contributed by atoms with Crippen LogP contribution < -0.4 is 4.74 Å². The van der Waals surface area contributed by atoms with E-state index in [1.807, 2.05) is 18.2 Å². The molecule has 0 unspecified atom stereocenters. The van der Waals surface area contributed by atoms with Crippen molar-refractivity contribution < 1.29 is 9.53 Å². The molecule has 0 bridgehead atoms. The maximum atomic E-state index is 12.4. The summed E-state index contributed by atoms with van der Waals surface area (Å²) in [6.45, 7) is 1.10. The van der Waals surface area contributed by atoms with Gasteiger partial charge in [-0.3, -0.25) is 0 Å². The molecule has 0 aliphatic carbocycles. The van der Waals surface area contributed by atoms with Crippen molar-refractivity contribution in [3.63, 3.8) is 0 Å². The van der Waals surface area contributed by atoms with Gasteiger partial charge in [0.15, 0.2) is 0 Å². The molecule has 2 aromatic carbocycles. The second-order valence-corrected chi connectivity index (χ2v) is 6.64. The molecule has 1 aliphatic rings. The van der Waals surface area contributed by atoms with Gasteiger partial charge in [0.25, 0.3) is 0 Å². The predicted molar refractivity (Wildman–Crippen MR) is 94.9 cm³/mol. The number of amides is 1. The standard InChI is InChI=1S/C18H14Cl2N2O2/c19-11-1-4-13(5-2-11)24-18(23)22-8-7-14-15-9-12(20)3-6-16(15)21-17(14)10-22/h1-6,9,21H,7-8,10H2. The van der Waals surface area contributed by atoms with Gasteiger partial charge in [0.05, 0.1) is 6.54 Å². The molecule has 24 heavy (non-hydrogen) atoms. The topological polar surface area (TPSA) is 45.3 Å². The van der Waals surface area contributed by atoms with Gasteiger partial charge in [0.1, 0.15) is 5.75 Å². The highest BCUT2D eigenvalue weighted by Crippen LogP contribution is 2.30. The fraction of sp³-hybridized carbons (Fsp3) is 0.167. The molecule has 0 fully saturated rings. The van der Waals surface area contributed by atoms with E-state index in [9.17, 15) is 4.79 Å². The molecular weight excluding hydrogens is 347 g/mol. The van der Waals surface area contributed by atoms with Gasteiger partial charge in [-0.25, -0.2) is 4.79 Å². The van der Waals surface area contributed by atoms with Gasteiger partial charge in [0, 0.05) is 33.2 Å². The fourth-order valence-corrected chi connectivity index (χ4v) is 3.33. The Kier molecular flexibility index (Phi) is 3.87. The molecule has 2 heterocycles. The van der Waals surface area contributed by atoms with Gasteiger partial charge in [-0.15, -0.1) is 0 Å². The van der Waals surface area contributed by atoms with Crippen molar-refractivity contribution in [2.24, 2.45) is 0 Å². The van der Waals surface area contributed by atoms with Crippen LogP contribution in [0, 0.1) is 0 Å². The van der Waals surface area contributed by atoms with Gasteiger partial charge in [-0.05, 0) is 54.4 Å². The van der Waals surface area contributed by atoms with Gasteiger partial charge in [-0.1, -0.05) is 23.2 Å². The fourth-order valence-electron chi connectivity index (χ4n) is 3.04. The molecule has 1 aromatic heterocycles. The van der Waals surface area contributed by atoms with Crippen LogP contribution >= 0.6 is 23.2 Å². The Balaban J connectivity index is 1.54. The SMILES string of the molecule is O=C(Oc1ccc(Cl)cc1)N1CCc2c([nH]c3ccc(Cl)cc23)C1. The Morgan fingerprint density at radius 2 is 1.83 bits per heavy atom. The first kappa shape index (κ1) is 15.4. The minimum atomic E-state index is -0.361. The molecule has 0 radical (unpaired) electrons. The van der Waals surface area contributed by atoms with Crippen LogP contribution in [0.3, 0.4) is 0 Å². The van der Waals surface area contributed by atoms with E-state index in [4.69, 9.17) is 27.9 Å². The third-order valence-electron chi connectivity index (χ3n) is 4.21. The molecule has 1 amide bonds. The third kappa shape index (κ3) is 2.83. The van der Waals surface area contributed by atoms with E-state index in [1.54, 1.807) is 29.2 Å². The maximum absolute atomic E-state index is 12.4. The van der Waals surface area contributed by atoms with E-state index >= 15 is 0 Å². The average molecular weight is 361 g/mol. The Labute approximate surface area is 148 Å². The summed E-state index contributed by atoms with van der Waals surface area (Å²) < 4.78 is 5.41. The zero-order valence-electron chi connectivity index (χ0n) is 12.7. The summed E-state index contributed by atoms with van der Waals surface area (Å²) in [5.74, 6) is 0.485. The van der Waals surface area contributed by atoms with Crippen LogP contribution in [0.2, 0.25) is 10.0 Å². The molecule has 6 heteroatoms. The van der Waals surface area contributed by atoms with Crippen molar-refractivity contribution in [3.05, 3.63) is 63.8 Å². The number of aromatic amines is 1. The van der Waals surface area contributed by atoms with Crippen molar-refractivity contribution in [3.8, 4) is 5.75 Å². The van der Waals surface area contributed by atoms with Gasteiger partial charge < -0.3 is 14.6 Å². The minimum absolute atomic E-state index is 0.361. The largest absolute Gasteiger partial charge is 0.415 e. The summed E-state index contributed by atoms with van der Waals surface area (Å²) in [5, 5.41) is 2.45. The zero-order valence-corrected chi connectivity index (χ0v) is 14.2. The Morgan fingerprint density at radius 3 is 2.62 bits per heavy atom. The molecular formula is C18H14Cl2N2O2. The lowest BCUT2D eigenvalue weighted by Gasteiger charge is -2.26. The van der Waals surface area contributed by atoms with Crippen molar-refractivity contribution in [1.82, 2.24) is 9.88 Å². The van der Waals surface area contributed by atoms with E-state index in [-0.39, 0.29) is 6.09 Å². The smallest absolute Gasteiger partial charge is 0.410 e. The summed E-state index contributed by atoms with van der Waals surface area (Å²) in [6, 6.07) is 12.5. The monoisotopic (exact) mass is 360 g/mol. The normalized spacial score (nSPS) is 13.8. The number of H-pyrrole nitrogens is 1. The number of fused-ring (bicyclic) bond motifs is 3. The molecule has 1 N–H and O–H groups in total. The van der Waals surface area contributed by atoms with E-state index in [0.29, 0.717) is 28.9 Å². The van der Waals surface area contributed by atoms with Gasteiger partial charge >= 0.3 is 6.09 Å². The number of aromatic nitrogens is 1. The van der Waals surface area contributed by atoms with Crippen LogP contribution in [-0.4, -0.2) is 22.5 Å². The number of hydrogen-bond acceptors (Lipinski definition) is 2. The van der Waals surface area contributed by atoms with Gasteiger partial charge in [-0.2, -0.15) is 0 Å². The molecule has 1 aliphatic heterocycles. The van der Waals surface area contributed by atoms with Crippen LogP contribution in [0.4, 0.5) is 4.79 Å². The Hall–Kier alpha value is -2.17. The quantitative estimate of drug-likeness (QED) is 0.661. The molecule has 0 atom stereocenters. The van der Waals surface area contributed by atoms with Crippen LogP contribution in [-0.2, 0) is 13.0 Å². The second-order valence-electron chi connectivity index (χ2n) is 5.77. The van der Waals surface area contributed by atoms with Crippen molar-refractivity contribution in [2.45, 2.75) is 13.0 Å². The number of benzene rings is 2. The van der Waals surface area contributed by atoms with Crippen molar-refractivity contribution >= 4 is 40.2 Å². The van der Waals surface area contributed by atoms with Crippen molar-refractivity contribution in [1.29, 1.82) is 0 Å². The number of carbonyl (C=O) groups excluding carboxylic acids is 1. The number of nitrogens with zero attached hydrogens (tertiary/aromatic N) is 1. The van der Waals surface area contributed by atoms with Crippen molar-refractivity contribution in [2.75, 3.05) is 6.54 Å². The Morgan fingerprint density at radius 1 is 1.08 bits per heavy atom. The first-order valence-electron chi connectivity index (χ1n) is 7.61. The lowest BCUT2D eigenvalue weighted by molar-refractivity contribution is 0.146. The average Bonchev–Trinajstić information content (AvgIpc) is 2.94. The van der Waals surface area contributed by atoms with E-state index < -0.39 is 0 Å². The first-order chi connectivity index (χ1) is 11.6. The van der Waals surface area contributed by atoms with Crippen LogP contribution in [0.1, 0.15) is 11.3 Å². The number of hydrogen-bond donors (Lipinski definition) is 1. The molecule has 4 nitrogen and oxygen atoms in total. The lowest BCUT2D eigenvalue weighted by atomic mass is 10.0. The molecule has 122 valence electrons. The summed E-state index contributed by atoms with van der Waals surface area (Å²) in [4.78, 5) is 17.4. The minimum Gasteiger partial charge on any atom is -0.410 e. The summed E-state index contributed by atoms with van der Waals surface area (Å²) in [5.41, 5.74) is 3.30. The predicted octanol–water partition coefficient (Wildman–Crippen LogP) is 5.03. The van der Waals surface area contributed by atoms with E-state index in [1.165, 1.54) is 5.56 Å². The van der Waals surface area contributed by atoms with Crippen LogP contribution in [0.15, 0.2) is 42.5 Å². The highest BCUT2D eigenvalue weighted by Gasteiger charge is 2.25. The summed E-state index contributed by atoms with van der Waals surface area (Å²) in [6.07, 6.45) is 0.408. The lowest BCUT2D eigenvalue weighted by Crippen LogP contribution is -2.37. The zero-order chi connectivity index (χ0) is 16.7. The second kappa shape index (κ2) is 6.04. The first-order valence-corrected chi connectivity index (χ1v) is 8.37. The summed E-state index contributed by atoms with van der Waals surface area (Å²) in [7, 11) is 0. The summed E-state index contributed by atoms with van der Waals surface area (Å²) >= 11 is 11.9. The van der Waals surface area contributed by atoms with Crippen LogP contribution in [0.25, 0.3) is 10.9 Å². The number of carbonyl (C=O) groups is 1. The number of halogens is 2. The third-order valence-corrected chi connectivity index (χ3v) is 4.70. The van der Waals surface area contributed by atoms with E-state index in [0.717, 1.165) is 23.0 Å². The van der Waals surface area contributed by atoms with Gasteiger partial charge in [0.2, 0.25) is 0 Å². The maximum Gasteiger partial charge on any atom is 0.415 e. The molecule has 0 saturated carbocycles. The number of rotatable bonds is 1. The number of nitrogens with one attached hydrogen (secondary N) is 1. The molecule has 3 aromatic rings. The molecule has 4 rings (SSSR count). The molecule has 0 spiro atoms. The number of ether oxygens (including phenoxy) is 1. The molecule has 0 saturated heterocycles. The highest BCUT2D eigenvalue weighted by atomic mass is 35.5. The highest BCUT2D eigenvalue weighted by molar-refractivity contribution is 6.31. The Bertz CT molecular complexity index is 919. The van der Waals surface area contributed by atoms with E-state index in [2.05, 4.69) is 4.98 Å².